The highest BCUT2D eigenvalue weighted by Gasteiger charge is 2.39. The van der Waals surface area contributed by atoms with E-state index in [2.05, 4.69) is 32.9 Å². The lowest BCUT2D eigenvalue weighted by Gasteiger charge is -2.39. The van der Waals surface area contributed by atoms with Crippen LogP contribution in [-0.4, -0.2) is 11.6 Å². The Morgan fingerprint density at radius 3 is 2.43 bits per heavy atom. The maximum atomic E-state index is 12.8. The quantitative estimate of drug-likeness (QED) is 0.541. The molecule has 1 aromatic carbocycles. The summed E-state index contributed by atoms with van der Waals surface area (Å²) >= 11 is 0. The van der Waals surface area contributed by atoms with Gasteiger partial charge < -0.3 is 0 Å². The van der Waals surface area contributed by atoms with Crippen molar-refractivity contribution in [3.05, 3.63) is 48.0 Å². The zero-order valence-corrected chi connectivity index (χ0v) is 14.7. The number of allylic oxidation sites excluding steroid dienone is 2. The Bertz CT molecular complexity index is 583. The summed E-state index contributed by atoms with van der Waals surface area (Å²) in [6.45, 7) is 8.49. The molecule has 0 heterocycles. The lowest BCUT2D eigenvalue weighted by molar-refractivity contribution is -0.129. The molecule has 0 saturated heterocycles. The van der Waals surface area contributed by atoms with Crippen molar-refractivity contribution in [3.8, 4) is 0 Å². The van der Waals surface area contributed by atoms with Gasteiger partial charge in [-0.2, -0.15) is 0 Å². The molecule has 0 spiro atoms. The third kappa shape index (κ3) is 4.40. The van der Waals surface area contributed by atoms with Crippen LogP contribution in [0.15, 0.2) is 42.5 Å². The second-order valence-corrected chi connectivity index (χ2v) is 7.73. The van der Waals surface area contributed by atoms with E-state index in [9.17, 15) is 9.59 Å². The van der Waals surface area contributed by atoms with E-state index in [1.165, 1.54) is 0 Å². The van der Waals surface area contributed by atoms with E-state index >= 15 is 0 Å². The van der Waals surface area contributed by atoms with Gasteiger partial charge in [-0.1, -0.05) is 70.2 Å². The van der Waals surface area contributed by atoms with Gasteiger partial charge in [-0.05, 0) is 23.7 Å². The van der Waals surface area contributed by atoms with Crippen molar-refractivity contribution in [2.75, 3.05) is 0 Å². The average molecular weight is 312 g/mol. The summed E-state index contributed by atoms with van der Waals surface area (Å²) < 4.78 is 0. The smallest absolute Gasteiger partial charge is 0.163 e. The van der Waals surface area contributed by atoms with E-state index in [0.29, 0.717) is 18.6 Å². The topological polar surface area (TPSA) is 34.1 Å². The molecule has 0 saturated carbocycles. The number of Topliss-reactive ketones (excluding diaryl/α,β-unsaturated/α-hetero) is 2. The standard InChI is InChI=1S/C21H28O2/c1-15(13-18(22)17-10-6-5-7-11-17)14-19(23)20-16(2)9-8-12-21(20,3)4/h5-11,15-16,20H,12-14H2,1-4H3. The minimum atomic E-state index is 0.00834. The predicted octanol–water partition coefficient (Wildman–Crippen LogP) is 5.09. The Hall–Kier alpha value is -1.70. The van der Waals surface area contributed by atoms with Gasteiger partial charge in [-0.15, -0.1) is 0 Å². The first-order valence-corrected chi connectivity index (χ1v) is 8.59. The van der Waals surface area contributed by atoms with E-state index in [1.807, 2.05) is 37.3 Å². The Morgan fingerprint density at radius 1 is 1.17 bits per heavy atom. The summed E-state index contributed by atoms with van der Waals surface area (Å²) in [5, 5.41) is 0. The molecule has 0 bridgehead atoms. The Balaban J connectivity index is 1.97. The van der Waals surface area contributed by atoms with Crippen molar-refractivity contribution in [3.63, 3.8) is 0 Å². The van der Waals surface area contributed by atoms with Gasteiger partial charge in [0.25, 0.3) is 0 Å². The second kappa shape index (κ2) is 7.25. The molecule has 1 aliphatic rings. The molecule has 1 aromatic rings. The van der Waals surface area contributed by atoms with E-state index in [4.69, 9.17) is 0 Å². The molecule has 2 nitrogen and oxygen atoms in total. The number of benzene rings is 1. The molecular weight excluding hydrogens is 284 g/mol. The first-order chi connectivity index (χ1) is 10.8. The lowest BCUT2D eigenvalue weighted by atomic mass is 9.64. The summed E-state index contributed by atoms with van der Waals surface area (Å²) in [5.41, 5.74) is 0.745. The first-order valence-electron chi connectivity index (χ1n) is 8.59. The maximum absolute atomic E-state index is 12.8. The first kappa shape index (κ1) is 17.7. The Labute approximate surface area is 140 Å². The highest BCUT2D eigenvalue weighted by atomic mass is 16.1. The van der Waals surface area contributed by atoms with Gasteiger partial charge in [0.1, 0.15) is 5.78 Å². The van der Waals surface area contributed by atoms with Gasteiger partial charge in [0.15, 0.2) is 5.78 Å². The average Bonchev–Trinajstić information content (AvgIpc) is 2.46. The Morgan fingerprint density at radius 2 is 1.83 bits per heavy atom. The van der Waals surface area contributed by atoms with Gasteiger partial charge in [-0.3, -0.25) is 9.59 Å². The van der Waals surface area contributed by atoms with Gasteiger partial charge in [0, 0.05) is 24.3 Å². The van der Waals surface area contributed by atoms with Gasteiger partial charge in [0.05, 0.1) is 0 Å². The van der Waals surface area contributed by atoms with Crippen LogP contribution in [0.1, 0.15) is 57.3 Å². The third-order valence-corrected chi connectivity index (χ3v) is 4.98. The van der Waals surface area contributed by atoms with Gasteiger partial charge >= 0.3 is 0 Å². The molecule has 124 valence electrons. The molecule has 0 N–H and O–H groups in total. The lowest BCUT2D eigenvalue weighted by Crippen LogP contribution is -2.38. The fourth-order valence-electron chi connectivity index (χ4n) is 3.87. The molecule has 0 amide bonds. The van der Waals surface area contributed by atoms with Crippen LogP contribution in [0, 0.1) is 23.2 Å². The third-order valence-electron chi connectivity index (χ3n) is 4.98. The number of hydrogen-bond donors (Lipinski definition) is 0. The van der Waals surface area contributed by atoms with Crippen LogP contribution in [0.25, 0.3) is 0 Å². The summed E-state index contributed by atoms with van der Waals surface area (Å²) in [5.74, 6) is 0.858. The minimum Gasteiger partial charge on any atom is -0.299 e. The molecule has 3 unspecified atom stereocenters. The molecule has 1 aliphatic carbocycles. The van der Waals surface area contributed by atoms with Crippen LogP contribution in [-0.2, 0) is 4.79 Å². The number of carbonyl (C=O) groups is 2. The van der Waals surface area contributed by atoms with Crippen molar-refractivity contribution >= 4 is 11.6 Å². The number of hydrogen-bond acceptors (Lipinski definition) is 2. The molecule has 0 radical (unpaired) electrons. The maximum Gasteiger partial charge on any atom is 0.163 e. The molecule has 23 heavy (non-hydrogen) atoms. The molecule has 0 aromatic heterocycles. The fraction of sp³-hybridized carbons (Fsp3) is 0.524. The summed E-state index contributed by atoms with van der Waals surface area (Å²) in [7, 11) is 0. The highest BCUT2D eigenvalue weighted by Crippen LogP contribution is 2.42. The number of carbonyl (C=O) groups excluding carboxylic acids is 2. The van der Waals surface area contributed by atoms with Gasteiger partial charge in [-0.25, -0.2) is 0 Å². The molecule has 3 atom stereocenters. The summed E-state index contributed by atoms with van der Waals surface area (Å²) in [4.78, 5) is 25.1. The predicted molar refractivity (Wildman–Crippen MR) is 94.4 cm³/mol. The van der Waals surface area contributed by atoms with E-state index < -0.39 is 0 Å². The van der Waals surface area contributed by atoms with Crippen LogP contribution < -0.4 is 0 Å². The van der Waals surface area contributed by atoms with E-state index in [-0.39, 0.29) is 29.0 Å². The molecule has 0 aliphatic heterocycles. The zero-order chi connectivity index (χ0) is 17.0. The van der Waals surface area contributed by atoms with Crippen LogP contribution in [0.5, 0.6) is 0 Å². The normalized spacial score (nSPS) is 24.2. The molecule has 0 fully saturated rings. The van der Waals surface area contributed by atoms with Crippen molar-refractivity contribution in [1.29, 1.82) is 0 Å². The fourth-order valence-corrected chi connectivity index (χ4v) is 3.87. The molecular formula is C21H28O2. The van der Waals surface area contributed by atoms with Crippen molar-refractivity contribution in [2.24, 2.45) is 23.2 Å². The highest BCUT2D eigenvalue weighted by molar-refractivity contribution is 5.96. The monoisotopic (exact) mass is 312 g/mol. The summed E-state index contributed by atoms with van der Waals surface area (Å²) in [6, 6.07) is 9.34. The molecule has 2 rings (SSSR count). The van der Waals surface area contributed by atoms with Crippen molar-refractivity contribution in [1.82, 2.24) is 0 Å². The van der Waals surface area contributed by atoms with Crippen LogP contribution in [0.2, 0.25) is 0 Å². The molecule has 2 heteroatoms. The SMILES string of the molecule is CC(CC(=O)c1ccccc1)CC(=O)C1C(C)C=CCC1(C)C. The van der Waals surface area contributed by atoms with Crippen LogP contribution >= 0.6 is 0 Å². The largest absolute Gasteiger partial charge is 0.299 e. The van der Waals surface area contributed by atoms with Crippen molar-refractivity contribution in [2.45, 2.75) is 47.0 Å². The van der Waals surface area contributed by atoms with Crippen molar-refractivity contribution < 1.29 is 9.59 Å². The zero-order valence-electron chi connectivity index (χ0n) is 14.7. The van der Waals surface area contributed by atoms with E-state index in [0.717, 1.165) is 12.0 Å². The van der Waals surface area contributed by atoms with E-state index in [1.54, 1.807) is 0 Å². The Kier molecular flexibility index (Phi) is 5.56. The summed E-state index contributed by atoms with van der Waals surface area (Å²) in [6.07, 6.45) is 6.23. The number of rotatable bonds is 6. The van der Waals surface area contributed by atoms with Crippen LogP contribution in [0.3, 0.4) is 0 Å². The second-order valence-electron chi connectivity index (χ2n) is 7.73. The van der Waals surface area contributed by atoms with Crippen LogP contribution in [0.4, 0.5) is 0 Å². The van der Waals surface area contributed by atoms with Gasteiger partial charge in [0.2, 0.25) is 0 Å². The minimum absolute atomic E-state index is 0.00834. The number of ketones is 2.